The molecule has 0 atom stereocenters. The van der Waals surface area contributed by atoms with Crippen LogP contribution in [0.25, 0.3) is 11.3 Å². The van der Waals surface area contributed by atoms with E-state index in [9.17, 15) is 19.8 Å². The zero-order valence-electron chi connectivity index (χ0n) is 16.6. The number of hydrogen-bond donors (Lipinski definition) is 3. The number of carbonyl (C=O) groups excluding carboxylic acids is 1. The summed E-state index contributed by atoms with van der Waals surface area (Å²) in [5.74, 6) is -0.258. The Kier molecular flexibility index (Phi) is 5.07. The van der Waals surface area contributed by atoms with Crippen molar-refractivity contribution in [3.8, 4) is 17.0 Å². The monoisotopic (exact) mass is 409 g/mol. The topological polar surface area (TPSA) is 132 Å². The van der Waals surface area contributed by atoms with Gasteiger partial charge in [0.2, 0.25) is 0 Å². The second kappa shape index (κ2) is 7.70. The summed E-state index contributed by atoms with van der Waals surface area (Å²) >= 11 is 0. The van der Waals surface area contributed by atoms with Crippen molar-refractivity contribution >= 4 is 17.6 Å². The number of carboxylic acid groups (broad SMARTS) is 1. The molecular formula is C22H23N3O5. The normalized spacial score (nSPS) is 13.5. The predicted octanol–water partition coefficient (Wildman–Crippen LogP) is 3.84. The van der Waals surface area contributed by atoms with Gasteiger partial charge in [0.15, 0.2) is 5.78 Å². The fourth-order valence-electron chi connectivity index (χ4n) is 3.76. The largest absolute Gasteiger partial charge is 0.508 e. The number of aromatic carboxylic acids is 1. The van der Waals surface area contributed by atoms with Gasteiger partial charge in [-0.25, -0.2) is 4.79 Å². The summed E-state index contributed by atoms with van der Waals surface area (Å²) in [5, 5.41) is 23.2. The van der Waals surface area contributed by atoms with Gasteiger partial charge in [0, 0.05) is 36.7 Å². The highest BCUT2D eigenvalue weighted by Gasteiger charge is 2.33. The highest BCUT2D eigenvalue weighted by molar-refractivity contribution is 6.08. The first-order valence-electron chi connectivity index (χ1n) is 9.93. The molecule has 30 heavy (non-hydrogen) atoms. The summed E-state index contributed by atoms with van der Waals surface area (Å²) in [6.07, 6.45) is 3.99. The summed E-state index contributed by atoms with van der Waals surface area (Å²) in [7, 11) is 0. The first-order valence-corrected chi connectivity index (χ1v) is 9.93. The van der Waals surface area contributed by atoms with Crippen LogP contribution < -0.4 is 5.73 Å². The number of Topliss-reactive ketones (excluding diaryl/α,β-unsaturated/α-hetero) is 1. The van der Waals surface area contributed by atoms with Crippen LogP contribution in [-0.2, 0) is 13.0 Å². The first-order chi connectivity index (χ1) is 14.4. The first kappa shape index (κ1) is 19.8. The number of nitrogens with zero attached hydrogens (tertiary/aromatic N) is 2. The van der Waals surface area contributed by atoms with Crippen molar-refractivity contribution in [2.75, 3.05) is 5.73 Å². The Labute approximate surface area is 172 Å². The number of ketones is 1. The van der Waals surface area contributed by atoms with Gasteiger partial charge in [-0.05, 0) is 49.9 Å². The molecule has 1 aliphatic carbocycles. The maximum Gasteiger partial charge on any atom is 0.340 e. The van der Waals surface area contributed by atoms with Gasteiger partial charge in [0.1, 0.15) is 28.6 Å². The van der Waals surface area contributed by atoms with E-state index in [1.807, 2.05) is 6.92 Å². The van der Waals surface area contributed by atoms with Crippen molar-refractivity contribution in [1.29, 1.82) is 0 Å². The lowest BCUT2D eigenvalue weighted by atomic mass is 9.98. The Bertz CT molecular complexity index is 1110. The number of carboxylic acids is 1. The number of aryl methyl sites for hydroxylation is 2. The number of rotatable bonds is 8. The van der Waals surface area contributed by atoms with Crippen molar-refractivity contribution in [3.63, 3.8) is 0 Å². The third kappa shape index (κ3) is 3.56. The minimum Gasteiger partial charge on any atom is -0.508 e. The maximum absolute atomic E-state index is 12.8. The molecule has 0 radical (unpaired) electrons. The third-order valence-corrected chi connectivity index (χ3v) is 5.48. The van der Waals surface area contributed by atoms with E-state index >= 15 is 0 Å². The number of carbonyl (C=O) groups is 2. The Balaban J connectivity index is 1.58. The van der Waals surface area contributed by atoms with E-state index in [4.69, 9.17) is 10.3 Å². The highest BCUT2D eigenvalue weighted by atomic mass is 16.5. The lowest BCUT2D eigenvalue weighted by Gasteiger charge is -2.04. The molecule has 4 N–H and O–H groups in total. The lowest BCUT2D eigenvalue weighted by Crippen LogP contribution is -2.09. The van der Waals surface area contributed by atoms with Gasteiger partial charge in [0.25, 0.3) is 0 Å². The summed E-state index contributed by atoms with van der Waals surface area (Å²) in [5.41, 5.74) is 8.44. The smallest absolute Gasteiger partial charge is 0.340 e. The SMILES string of the molecule is CCn1cc(C(=O)CCc2onc(-c3ccc(O)cc3)c2C2CC2)c(C(=O)O)c1N. The summed E-state index contributed by atoms with van der Waals surface area (Å²) < 4.78 is 7.14. The fraction of sp³-hybridized carbons (Fsp3) is 0.318. The summed E-state index contributed by atoms with van der Waals surface area (Å²) in [6.45, 7) is 2.31. The zero-order valence-corrected chi connectivity index (χ0v) is 16.6. The van der Waals surface area contributed by atoms with Crippen molar-refractivity contribution in [2.24, 2.45) is 0 Å². The van der Waals surface area contributed by atoms with Crippen molar-refractivity contribution in [3.05, 3.63) is 52.9 Å². The molecule has 2 heterocycles. The lowest BCUT2D eigenvalue weighted by molar-refractivity contribution is 0.0693. The molecule has 0 unspecified atom stereocenters. The molecule has 1 fully saturated rings. The number of aromatic nitrogens is 2. The van der Waals surface area contributed by atoms with Crippen molar-refractivity contribution in [1.82, 2.24) is 9.72 Å². The number of phenolic OH excluding ortho intramolecular Hbond substituents is 1. The molecule has 8 nitrogen and oxygen atoms in total. The van der Waals surface area contributed by atoms with E-state index in [0.29, 0.717) is 24.6 Å². The van der Waals surface area contributed by atoms with Crippen LogP contribution in [0.1, 0.15) is 64.1 Å². The van der Waals surface area contributed by atoms with Gasteiger partial charge >= 0.3 is 5.97 Å². The minimum atomic E-state index is -1.21. The molecule has 0 spiro atoms. The molecular weight excluding hydrogens is 386 g/mol. The molecule has 0 aliphatic heterocycles. The second-order valence-corrected chi connectivity index (χ2v) is 7.51. The van der Waals surface area contributed by atoms with E-state index in [-0.39, 0.29) is 34.9 Å². The Morgan fingerprint density at radius 1 is 1.27 bits per heavy atom. The zero-order chi connectivity index (χ0) is 21.4. The molecule has 4 rings (SSSR count). The van der Waals surface area contributed by atoms with Gasteiger partial charge in [-0.3, -0.25) is 4.79 Å². The van der Waals surface area contributed by atoms with Crippen LogP contribution in [0.15, 0.2) is 35.0 Å². The van der Waals surface area contributed by atoms with E-state index in [2.05, 4.69) is 5.16 Å². The van der Waals surface area contributed by atoms with Crippen LogP contribution in [0.3, 0.4) is 0 Å². The molecule has 0 saturated heterocycles. The molecule has 3 aromatic rings. The molecule has 0 bridgehead atoms. The molecule has 0 amide bonds. The number of nitrogen functional groups attached to an aromatic ring is 1. The molecule has 156 valence electrons. The second-order valence-electron chi connectivity index (χ2n) is 7.51. The Morgan fingerprint density at radius 2 is 1.97 bits per heavy atom. The van der Waals surface area contributed by atoms with Gasteiger partial charge in [-0.1, -0.05) is 5.16 Å². The number of anilines is 1. The number of aromatic hydroxyl groups is 1. The average Bonchev–Trinajstić information content (AvgIpc) is 3.38. The van der Waals surface area contributed by atoms with Crippen LogP contribution in [0.2, 0.25) is 0 Å². The van der Waals surface area contributed by atoms with Crippen LogP contribution in [0, 0.1) is 0 Å². The average molecular weight is 409 g/mol. The molecule has 8 heteroatoms. The summed E-state index contributed by atoms with van der Waals surface area (Å²) in [4.78, 5) is 24.4. The minimum absolute atomic E-state index is 0.0845. The standard InChI is InChI=1S/C22H23N3O5/c1-2-25-11-15(19(21(25)23)22(28)29)16(27)9-10-17-18(12-3-4-12)20(24-30-17)13-5-7-14(26)8-6-13/h5-8,11-12,26H,2-4,9-10,23H2,1H3,(H,28,29). The van der Waals surface area contributed by atoms with Crippen LogP contribution in [0.5, 0.6) is 5.75 Å². The number of hydrogen-bond acceptors (Lipinski definition) is 6. The third-order valence-electron chi connectivity index (χ3n) is 5.48. The number of phenols is 1. The van der Waals surface area contributed by atoms with Crippen molar-refractivity contribution in [2.45, 2.75) is 45.1 Å². The Hall–Kier alpha value is -3.55. The van der Waals surface area contributed by atoms with Gasteiger partial charge < -0.3 is 25.0 Å². The van der Waals surface area contributed by atoms with E-state index < -0.39 is 5.97 Å². The Morgan fingerprint density at radius 3 is 2.57 bits per heavy atom. The van der Waals surface area contributed by atoms with Gasteiger partial charge in [-0.15, -0.1) is 0 Å². The van der Waals surface area contributed by atoms with Crippen LogP contribution >= 0.6 is 0 Å². The fourth-order valence-corrected chi connectivity index (χ4v) is 3.76. The maximum atomic E-state index is 12.8. The molecule has 1 aromatic carbocycles. The molecule has 2 aromatic heterocycles. The summed E-state index contributed by atoms with van der Waals surface area (Å²) in [6, 6.07) is 6.76. The highest BCUT2D eigenvalue weighted by Crippen LogP contribution is 2.46. The van der Waals surface area contributed by atoms with Crippen molar-refractivity contribution < 1.29 is 24.3 Å². The van der Waals surface area contributed by atoms with Crippen LogP contribution in [0.4, 0.5) is 5.82 Å². The molecule has 1 aliphatic rings. The van der Waals surface area contributed by atoms with Gasteiger partial charge in [0.05, 0.1) is 5.56 Å². The molecule has 1 saturated carbocycles. The number of nitrogens with two attached hydrogens (primary N) is 1. The van der Waals surface area contributed by atoms with Gasteiger partial charge in [-0.2, -0.15) is 0 Å². The predicted molar refractivity (Wildman–Crippen MR) is 110 cm³/mol. The van der Waals surface area contributed by atoms with E-state index in [1.54, 1.807) is 28.8 Å². The van der Waals surface area contributed by atoms with E-state index in [1.165, 1.54) is 6.20 Å². The van der Waals surface area contributed by atoms with Crippen LogP contribution in [-0.4, -0.2) is 31.7 Å². The van der Waals surface area contributed by atoms with E-state index in [0.717, 1.165) is 29.7 Å². The quantitative estimate of drug-likeness (QED) is 0.482. The number of benzene rings is 1.